The van der Waals surface area contributed by atoms with Gasteiger partial charge in [-0.2, -0.15) is 0 Å². The van der Waals surface area contributed by atoms with Crippen molar-refractivity contribution in [3.63, 3.8) is 0 Å². The number of carbonyl (C=O) groups excluding carboxylic acids is 2. The average molecular weight is 257 g/mol. The highest BCUT2D eigenvalue weighted by atomic mass is 35.5. The summed E-state index contributed by atoms with van der Waals surface area (Å²) in [4.78, 5) is 22.6. The van der Waals surface area contributed by atoms with Crippen molar-refractivity contribution in [1.29, 1.82) is 0 Å². The molecule has 17 heavy (non-hydrogen) atoms. The van der Waals surface area contributed by atoms with Crippen LogP contribution in [0.1, 0.15) is 23.2 Å². The minimum atomic E-state index is -0.405. The van der Waals surface area contributed by atoms with Crippen LogP contribution in [0.15, 0.2) is 18.2 Å². The summed E-state index contributed by atoms with van der Waals surface area (Å²) in [6, 6.07) is 4.76. The van der Waals surface area contributed by atoms with Crippen LogP contribution in [0.4, 0.5) is 0 Å². The van der Waals surface area contributed by atoms with Gasteiger partial charge >= 0.3 is 5.97 Å². The number of ether oxygens (including phenoxy) is 2. The quantitative estimate of drug-likeness (QED) is 0.600. The Morgan fingerprint density at radius 2 is 1.94 bits per heavy atom. The van der Waals surface area contributed by atoms with E-state index in [2.05, 4.69) is 4.74 Å². The number of hydrogen-bond acceptors (Lipinski definition) is 4. The summed E-state index contributed by atoms with van der Waals surface area (Å²) >= 11 is 5.89. The highest BCUT2D eigenvalue weighted by Gasteiger charge is 2.11. The molecule has 0 saturated heterocycles. The maximum Gasteiger partial charge on any atom is 0.305 e. The second-order valence-corrected chi connectivity index (χ2v) is 3.76. The maximum absolute atomic E-state index is 11.7. The standard InChI is InChI=1S/C12H13ClO4/c1-16-11-5-3-8(7-9(11)13)10(14)4-6-12(15)17-2/h3,5,7H,4,6H2,1-2H3. The molecule has 1 rings (SSSR count). The number of carbonyl (C=O) groups is 2. The SMILES string of the molecule is COC(=O)CCC(=O)c1ccc(OC)c(Cl)c1. The van der Waals surface area contributed by atoms with E-state index in [4.69, 9.17) is 16.3 Å². The van der Waals surface area contributed by atoms with Gasteiger partial charge in [-0.1, -0.05) is 11.6 Å². The molecule has 0 aliphatic carbocycles. The molecule has 1 aromatic rings. The Morgan fingerprint density at radius 3 is 2.47 bits per heavy atom. The van der Waals surface area contributed by atoms with Crippen LogP contribution in [-0.4, -0.2) is 26.0 Å². The largest absolute Gasteiger partial charge is 0.495 e. The molecule has 0 amide bonds. The molecule has 0 aliphatic rings. The number of esters is 1. The highest BCUT2D eigenvalue weighted by Crippen LogP contribution is 2.25. The Morgan fingerprint density at radius 1 is 1.24 bits per heavy atom. The monoisotopic (exact) mass is 256 g/mol. The van der Waals surface area contributed by atoms with E-state index in [-0.39, 0.29) is 18.6 Å². The fraction of sp³-hybridized carbons (Fsp3) is 0.333. The molecule has 0 fully saturated rings. The van der Waals surface area contributed by atoms with Gasteiger partial charge in [-0.3, -0.25) is 9.59 Å². The predicted octanol–water partition coefficient (Wildman–Crippen LogP) is 2.48. The average Bonchev–Trinajstić information content (AvgIpc) is 2.35. The number of hydrogen-bond donors (Lipinski definition) is 0. The Bertz CT molecular complexity index is 429. The topological polar surface area (TPSA) is 52.6 Å². The zero-order chi connectivity index (χ0) is 12.8. The predicted molar refractivity (Wildman–Crippen MR) is 63.6 cm³/mol. The molecule has 0 N–H and O–H groups in total. The summed E-state index contributed by atoms with van der Waals surface area (Å²) in [5.41, 5.74) is 0.458. The molecule has 5 heteroatoms. The van der Waals surface area contributed by atoms with Crippen LogP contribution in [0.25, 0.3) is 0 Å². The van der Waals surface area contributed by atoms with E-state index in [1.165, 1.54) is 20.3 Å². The van der Waals surface area contributed by atoms with Crippen molar-refractivity contribution in [2.75, 3.05) is 14.2 Å². The molecule has 0 unspecified atom stereocenters. The molecule has 0 spiro atoms. The van der Waals surface area contributed by atoms with Crippen LogP contribution < -0.4 is 4.74 Å². The van der Waals surface area contributed by atoms with E-state index in [0.717, 1.165) is 0 Å². The van der Waals surface area contributed by atoms with Gasteiger partial charge in [0.05, 0.1) is 25.7 Å². The Balaban J connectivity index is 2.69. The van der Waals surface area contributed by atoms with E-state index < -0.39 is 5.97 Å². The van der Waals surface area contributed by atoms with Crippen molar-refractivity contribution in [2.45, 2.75) is 12.8 Å². The van der Waals surface area contributed by atoms with Gasteiger partial charge in [0.15, 0.2) is 5.78 Å². The van der Waals surface area contributed by atoms with Gasteiger partial charge in [0.25, 0.3) is 0 Å². The lowest BCUT2D eigenvalue weighted by Crippen LogP contribution is -2.06. The van der Waals surface area contributed by atoms with E-state index in [0.29, 0.717) is 16.3 Å². The van der Waals surface area contributed by atoms with Crippen molar-refractivity contribution >= 4 is 23.4 Å². The van der Waals surface area contributed by atoms with Crippen molar-refractivity contribution < 1.29 is 19.1 Å². The number of rotatable bonds is 5. The van der Waals surface area contributed by atoms with Gasteiger partial charge < -0.3 is 9.47 Å². The molecule has 0 aliphatic heterocycles. The maximum atomic E-state index is 11.7. The van der Waals surface area contributed by atoms with Crippen LogP contribution in [0.2, 0.25) is 5.02 Å². The minimum absolute atomic E-state index is 0.0684. The number of halogens is 1. The van der Waals surface area contributed by atoms with Crippen LogP contribution in [0.5, 0.6) is 5.75 Å². The zero-order valence-corrected chi connectivity index (χ0v) is 10.4. The normalized spacial score (nSPS) is 9.82. The first kappa shape index (κ1) is 13.5. The second-order valence-electron chi connectivity index (χ2n) is 3.35. The fourth-order valence-electron chi connectivity index (χ4n) is 1.30. The van der Waals surface area contributed by atoms with Gasteiger partial charge in [0.2, 0.25) is 0 Å². The van der Waals surface area contributed by atoms with E-state index in [9.17, 15) is 9.59 Å². The first-order chi connectivity index (χ1) is 8.08. The third-order valence-electron chi connectivity index (χ3n) is 2.26. The lowest BCUT2D eigenvalue weighted by molar-refractivity contribution is -0.140. The molecule has 0 atom stereocenters. The Hall–Kier alpha value is -1.55. The molecular weight excluding hydrogens is 244 g/mol. The van der Waals surface area contributed by atoms with E-state index in [1.807, 2.05) is 0 Å². The van der Waals surface area contributed by atoms with Crippen molar-refractivity contribution in [1.82, 2.24) is 0 Å². The minimum Gasteiger partial charge on any atom is -0.495 e. The highest BCUT2D eigenvalue weighted by molar-refractivity contribution is 6.32. The summed E-state index contributed by atoms with van der Waals surface area (Å²) in [6.45, 7) is 0. The van der Waals surface area contributed by atoms with Gasteiger partial charge in [-0.15, -0.1) is 0 Å². The number of ketones is 1. The molecule has 0 bridgehead atoms. The summed E-state index contributed by atoms with van der Waals surface area (Å²) < 4.78 is 9.44. The van der Waals surface area contributed by atoms with E-state index >= 15 is 0 Å². The summed E-state index contributed by atoms with van der Waals surface area (Å²) in [5.74, 6) is -0.0471. The summed E-state index contributed by atoms with van der Waals surface area (Å²) in [5, 5.41) is 0.372. The number of methoxy groups -OCH3 is 2. The summed E-state index contributed by atoms with van der Waals surface area (Å²) in [7, 11) is 2.79. The lowest BCUT2D eigenvalue weighted by Gasteiger charge is -2.05. The smallest absolute Gasteiger partial charge is 0.305 e. The first-order valence-corrected chi connectivity index (χ1v) is 5.40. The van der Waals surface area contributed by atoms with Gasteiger partial charge in [-0.05, 0) is 18.2 Å². The first-order valence-electron chi connectivity index (χ1n) is 5.02. The second kappa shape index (κ2) is 6.25. The van der Waals surface area contributed by atoms with Crippen LogP contribution in [-0.2, 0) is 9.53 Å². The van der Waals surface area contributed by atoms with Gasteiger partial charge in [0, 0.05) is 12.0 Å². The molecule has 0 heterocycles. The molecule has 1 aromatic carbocycles. The number of Topliss-reactive ketones (excluding diaryl/α,β-unsaturated/α-hetero) is 1. The van der Waals surface area contributed by atoms with Crippen LogP contribution in [0, 0.1) is 0 Å². The van der Waals surface area contributed by atoms with Gasteiger partial charge in [0.1, 0.15) is 5.75 Å². The molecule has 0 aromatic heterocycles. The van der Waals surface area contributed by atoms with Crippen molar-refractivity contribution in [3.8, 4) is 5.75 Å². The molecule has 0 radical (unpaired) electrons. The molecule has 4 nitrogen and oxygen atoms in total. The third kappa shape index (κ3) is 3.75. The van der Waals surface area contributed by atoms with Crippen molar-refractivity contribution in [2.24, 2.45) is 0 Å². The molecular formula is C12H13ClO4. The number of benzene rings is 1. The lowest BCUT2D eigenvalue weighted by atomic mass is 10.1. The fourth-order valence-corrected chi connectivity index (χ4v) is 1.56. The van der Waals surface area contributed by atoms with Crippen molar-refractivity contribution in [3.05, 3.63) is 28.8 Å². The third-order valence-corrected chi connectivity index (χ3v) is 2.55. The molecule has 92 valence electrons. The Labute approximate surface area is 104 Å². The molecule has 0 saturated carbocycles. The zero-order valence-electron chi connectivity index (χ0n) is 9.66. The van der Waals surface area contributed by atoms with Gasteiger partial charge in [-0.25, -0.2) is 0 Å². The summed E-state index contributed by atoms with van der Waals surface area (Å²) in [6.07, 6.45) is 0.175. The van der Waals surface area contributed by atoms with Crippen LogP contribution >= 0.6 is 11.6 Å². The Kier molecular flexibility index (Phi) is 4.97. The van der Waals surface area contributed by atoms with Crippen LogP contribution in [0.3, 0.4) is 0 Å². The van der Waals surface area contributed by atoms with E-state index in [1.54, 1.807) is 12.1 Å².